The molecule has 1 N–H and O–H groups in total. The van der Waals surface area contributed by atoms with Crippen molar-refractivity contribution in [1.82, 2.24) is 10.2 Å². The van der Waals surface area contributed by atoms with Gasteiger partial charge >= 0.3 is 0 Å². The van der Waals surface area contributed by atoms with Crippen LogP contribution < -0.4 is 5.32 Å². The van der Waals surface area contributed by atoms with Crippen molar-refractivity contribution in [2.75, 3.05) is 0 Å². The molecule has 0 spiro atoms. The number of carbonyl (C=O) groups excluding carboxylic acids is 2. The van der Waals surface area contributed by atoms with Crippen molar-refractivity contribution in [2.24, 2.45) is 5.92 Å². The topological polar surface area (TPSA) is 62.6 Å². The number of benzene rings is 1. The lowest BCUT2D eigenvalue weighted by molar-refractivity contribution is -0.127. The molecule has 1 aliphatic heterocycles. The number of halogens is 1. The molecule has 2 bridgehead atoms. The van der Waals surface area contributed by atoms with Crippen molar-refractivity contribution in [2.45, 2.75) is 37.9 Å². The third-order valence-electron chi connectivity index (χ3n) is 5.18. The van der Waals surface area contributed by atoms with Gasteiger partial charge in [-0.25, -0.2) is 4.39 Å². The second-order valence-corrected chi connectivity index (χ2v) is 6.69. The van der Waals surface area contributed by atoms with E-state index in [-0.39, 0.29) is 29.3 Å². The van der Waals surface area contributed by atoms with Crippen LogP contribution in [0.15, 0.2) is 47.1 Å². The number of amides is 2. The van der Waals surface area contributed by atoms with E-state index in [0.717, 1.165) is 19.3 Å². The standard InChI is InChI=1S/C19H19FN2O3/c20-14-4-1-3-13(9-14)19(24)22-15-7-6-12(10-15)17(22)18(23)21-11-16-5-2-8-25-16/h1-5,8-9,12,15,17H,6-7,10-11H2,(H,21,23)/t12-,15-,17-/m0/s1. The summed E-state index contributed by atoms with van der Waals surface area (Å²) in [4.78, 5) is 27.3. The average molecular weight is 342 g/mol. The molecule has 3 atom stereocenters. The Hall–Kier alpha value is -2.63. The minimum absolute atomic E-state index is 0.0557. The van der Waals surface area contributed by atoms with Crippen molar-refractivity contribution in [3.63, 3.8) is 0 Å². The number of carbonyl (C=O) groups is 2. The summed E-state index contributed by atoms with van der Waals surface area (Å²) in [5.74, 6) is -0.0640. The maximum absolute atomic E-state index is 13.5. The molecule has 1 aromatic heterocycles. The van der Waals surface area contributed by atoms with E-state index in [2.05, 4.69) is 5.32 Å². The van der Waals surface area contributed by atoms with E-state index in [1.54, 1.807) is 29.4 Å². The van der Waals surface area contributed by atoms with Crippen LogP contribution in [-0.4, -0.2) is 28.8 Å². The molecular weight excluding hydrogens is 323 g/mol. The Labute approximate surface area is 144 Å². The fraction of sp³-hybridized carbons (Fsp3) is 0.368. The highest BCUT2D eigenvalue weighted by molar-refractivity contribution is 5.98. The highest BCUT2D eigenvalue weighted by Crippen LogP contribution is 2.43. The van der Waals surface area contributed by atoms with Crippen LogP contribution in [0, 0.1) is 11.7 Å². The first-order valence-corrected chi connectivity index (χ1v) is 8.52. The molecule has 130 valence electrons. The van der Waals surface area contributed by atoms with Gasteiger partial charge in [-0.2, -0.15) is 0 Å². The number of nitrogens with one attached hydrogen (secondary N) is 1. The second kappa shape index (κ2) is 6.35. The van der Waals surface area contributed by atoms with Crippen LogP contribution in [0.25, 0.3) is 0 Å². The van der Waals surface area contributed by atoms with Crippen molar-refractivity contribution < 1.29 is 18.4 Å². The van der Waals surface area contributed by atoms with Crippen LogP contribution in [0.4, 0.5) is 4.39 Å². The Morgan fingerprint density at radius 1 is 1.24 bits per heavy atom. The van der Waals surface area contributed by atoms with E-state index in [1.165, 1.54) is 18.2 Å². The smallest absolute Gasteiger partial charge is 0.254 e. The molecule has 1 saturated heterocycles. The molecule has 2 fully saturated rings. The molecule has 2 aliphatic rings. The van der Waals surface area contributed by atoms with Crippen LogP contribution in [0.1, 0.15) is 35.4 Å². The van der Waals surface area contributed by atoms with E-state index in [4.69, 9.17) is 4.42 Å². The van der Waals surface area contributed by atoms with Crippen molar-refractivity contribution in [3.05, 3.63) is 59.8 Å². The number of fused-ring (bicyclic) bond motifs is 2. The highest BCUT2D eigenvalue weighted by Gasteiger charge is 2.51. The SMILES string of the molecule is O=C(NCc1ccco1)[C@@H]1[C@H]2CC[C@@H](C2)N1C(=O)c1cccc(F)c1. The number of furan rings is 1. The molecule has 0 unspecified atom stereocenters. The molecule has 1 aromatic carbocycles. The van der Waals surface area contributed by atoms with Crippen molar-refractivity contribution in [1.29, 1.82) is 0 Å². The van der Waals surface area contributed by atoms with Gasteiger partial charge in [0.2, 0.25) is 5.91 Å². The lowest BCUT2D eigenvalue weighted by atomic mass is 9.97. The van der Waals surface area contributed by atoms with Crippen molar-refractivity contribution in [3.8, 4) is 0 Å². The van der Waals surface area contributed by atoms with E-state index in [1.807, 2.05) is 0 Å². The number of hydrogen-bond acceptors (Lipinski definition) is 3. The van der Waals surface area contributed by atoms with Gasteiger partial charge in [-0.3, -0.25) is 9.59 Å². The third kappa shape index (κ3) is 2.92. The molecule has 1 aliphatic carbocycles. The molecular formula is C19H19FN2O3. The first-order valence-electron chi connectivity index (χ1n) is 8.52. The van der Waals surface area contributed by atoms with Gasteiger partial charge in [-0.15, -0.1) is 0 Å². The zero-order valence-corrected chi connectivity index (χ0v) is 13.7. The quantitative estimate of drug-likeness (QED) is 0.929. The van der Waals surface area contributed by atoms with E-state index >= 15 is 0 Å². The summed E-state index contributed by atoms with van der Waals surface area (Å²) in [6.45, 7) is 0.293. The average Bonchev–Trinajstić information content (AvgIpc) is 3.35. The van der Waals surface area contributed by atoms with Crippen LogP contribution in [0.2, 0.25) is 0 Å². The molecule has 0 radical (unpaired) electrons. The fourth-order valence-electron chi connectivity index (χ4n) is 4.08. The predicted octanol–water partition coefficient (Wildman–Crippen LogP) is 2.73. The van der Waals surface area contributed by atoms with E-state index in [9.17, 15) is 14.0 Å². The van der Waals surface area contributed by atoms with Crippen LogP contribution >= 0.6 is 0 Å². The summed E-state index contributed by atoms with van der Waals surface area (Å²) < 4.78 is 18.7. The van der Waals surface area contributed by atoms with Crippen LogP contribution in [0.3, 0.4) is 0 Å². The van der Waals surface area contributed by atoms with Crippen LogP contribution in [-0.2, 0) is 11.3 Å². The Morgan fingerprint density at radius 3 is 2.88 bits per heavy atom. The van der Waals surface area contributed by atoms with Gasteiger partial charge in [0.25, 0.3) is 5.91 Å². The molecule has 2 aromatic rings. The Kier molecular flexibility index (Phi) is 4.03. The van der Waals surface area contributed by atoms with Crippen molar-refractivity contribution >= 4 is 11.8 Å². The number of likely N-dealkylation sites (tertiary alicyclic amines) is 1. The first-order chi connectivity index (χ1) is 12.1. The van der Waals surface area contributed by atoms with Crippen LogP contribution in [0.5, 0.6) is 0 Å². The Balaban J connectivity index is 1.53. The van der Waals surface area contributed by atoms with Gasteiger partial charge in [0, 0.05) is 11.6 Å². The monoisotopic (exact) mass is 342 g/mol. The lowest BCUT2D eigenvalue weighted by Gasteiger charge is -2.34. The number of piperidine rings is 1. The summed E-state index contributed by atoms with van der Waals surface area (Å²) in [5.41, 5.74) is 0.288. The molecule has 2 amide bonds. The number of nitrogens with zero attached hydrogens (tertiary/aromatic N) is 1. The number of rotatable bonds is 4. The zero-order chi connectivity index (χ0) is 17.4. The maximum Gasteiger partial charge on any atom is 0.254 e. The Bertz CT molecular complexity index is 790. The first kappa shape index (κ1) is 15.9. The van der Waals surface area contributed by atoms with Gasteiger partial charge in [-0.1, -0.05) is 6.07 Å². The summed E-state index contributed by atoms with van der Waals surface area (Å²) >= 11 is 0. The van der Waals surface area contributed by atoms with Gasteiger partial charge in [0.05, 0.1) is 12.8 Å². The second-order valence-electron chi connectivity index (χ2n) is 6.69. The minimum Gasteiger partial charge on any atom is -0.467 e. The van der Waals surface area contributed by atoms with E-state index < -0.39 is 11.9 Å². The minimum atomic E-state index is -0.496. The summed E-state index contributed by atoms with van der Waals surface area (Å²) in [7, 11) is 0. The van der Waals surface area contributed by atoms with Gasteiger partial charge in [0.1, 0.15) is 17.6 Å². The van der Waals surface area contributed by atoms with Gasteiger partial charge in [0.15, 0.2) is 0 Å². The van der Waals surface area contributed by atoms with Gasteiger partial charge in [-0.05, 0) is 55.5 Å². The summed E-state index contributed by atoms with van der Waals surface area (Å²) in [5, 5.41) is 2.86. The largest absolute Gasteiger partial charge is 0.467 e. The summed E-state index contributed by atoms with van der Waals surface area (Å²) in [6.07, 6.45) is 4.23. The fourth-order valence-corrected chi connectivity index (χ4v) is 4.08. The summed E-state index contributed by atoms with van der Waals surface area (Å²) in [6, 6.07) is 8.75. The van der Waals surface area contributed by atoms with Gasteiger partial charge < -0.3 is 14.6 Å². The number of hydrogen-bond donors (Lipinski definition) is 1. The molecule has 6 heteroatoms. The molecule has 5 nitrogen and oxygen atoms in total. The van der Waals surface area contributed by atoms with E-state index in [0.29, 0.717) is 12.3 Å². The Morgan fingerprint density at radius 2 is 2.12 bits per heavy atom. The highest BCUT2D eigenvalue weighted by atomic mass is 19.1. The normalized spacial score (nSPS) is 24.5. The lowest BCUT2D eigenvalue weighted by Crippen LogP contribution is -2.52. The third-order valence-corrected chi connectivity index (χ3v) is 5.18. The molecule has 25 heavy (non-hydrogen) atoms. The maximum atomic E-state index is 13.5. The molecule has 2 heterocycles. The predicted molar refractivity (Wildman–Crippen MR) is 88.0 cm³/mol. The molecule has 1 saturated carbocycles. The molecule has 4 rings (SSSR count). The zero-order valence-electron chi connectivity index (χ0n) is 13.7.